The number of hydrogen-bond donors (Lipinski definition) is 1. The Kier molecular flexibility index (Phi) is 5.58. The van der Waals surface area contributed by atoms with Crippen LogP contribution >= 0.6 is 23.1 Å². The van der Waals surface area contributed by atoms with Crippen molar-refractivity contribution in [3.05, 3.63) is 30.3 Å². The van der Waals surface area contributed by atoms with Crippen LogP contribution in [0.5, 0.6) is 0 Å². The van der Waals surface area contributed by atoms with Crippen LogP contribution in [0.3, 0.4) is 0 Å². The third kappa shape index (κ3) is 4.18. The minimum absolute atomic E-state index is 0.0476. The topological polar surface area (TPSA) is 58.1 Å². The van der Waals surface area contributed by atoms with E-state index in [1.807, 2.05) is 44.2 Å². The van der Waals surface area contributed by atoms with Crippen LogP contribution in [0.1, 0.15) is 13.8 Å². The number of thioether (sulfide) groups is 1. The van der Waals surface area contributed by atoms with E-state index in [9.17, 15) is 4.79 Å². The molecule has 5 nitrogen and oxygen atoms in total. The number of anilines is 2. The molecule has 2 rings (SSSR count). The van der Waals surface area contributed by atoms with Crippen LogP contribution in [-0.4, -0.2) is 34.9 Å². The van der Waals surface area contributed by atoms with Gasteiger partial charge in [0.15, 0.2) is 4.34 Å². The number of aromatic nitrogens is 2. The fraction of sp³-hybridized carbons (Fsp3) is 0.357. The molecule has 0 aliphatic rings. The summed E-state index contributed by atoms with van der Waals surface area (Å²) in [6.45, 7) is 4.71. The highest BCUT2D eigenvalue weighted by Gasteiger charge is 2.21. The van der Waals surface area contributed by atoms with Crippen LogP contribution in [0.2, 0.25) is 0 Å². The molecule has 0 saturated carbocycles. The Bertz CT molecular complexity index is 588. The number of hydrogen-bond acceptors (Lipinski definition) is 6. The van der Waals surface area contributed by atoms with E-state index in [2.05, 4.69) is 15.5 Å². The molecule has 1 aromatic heterocycles. The van der Waals surface area contributed by atoms with E-state index in [-0.39, 0.29) is 11.2 Å². The Morgan fingerprint density at radius 2 is 2.10 bits per heavy atom. The van der Waals surface area contributed by atoms with E-state index in [1.165, 1.54) is 23.1 Å². The number of rotatable bonds is 6. The predicted molar refractivity (Wildman–Crippen MR) is 89.2 cm³/mol. The highest BCUT2D eigenvalue weighted by molar-refractivity contribution is 8.02. The molecule has 1 amide bonds. The first kappa shape index (κ1) is 15.8. The smallest absolute Gasteiger partial charge is 0.240 e. The van der Waals surface area contributed by atoms with Crippen molar-refractivity contribution in [2.24, 2.45) is 0 Å². The highest BCUT2D eigenvalue weighted by Crippen LogP contribution is 2.30. The molecule has 21 heavy (non-hydrogen) atoms. The van der Waals surface area contributed by atoms with Crippen molar-refractivity contribution >= 4 is 39.8 Å². The van der Waals surface area contributed by atoms with Gasteiger partial charge in [-0.25, -0.2) is 0 Å². The molecule has 7 heteroatoms. The fourth-order valence-corrected chi connectivity index (χ4v) is 3.79. The van der Waals surface area contributed by atoms with E-state index in [1.54, 1.807) is 11.9 Å². The maximum Gasteiger partial charge on any atom is 0.240 e. The molecule has 112 valence electrons. The maximum absolute atomic E-state index is 12.4. The lowest BCUT2D eigenvalue weighted by atomic mass is 10.3. The number of carbonyl (C=O) groups excluding carboxylic acids is 1. The van der Waals surface area contributed by atoms with Crippen molar-refractivity contribution in [1.29, 1.82) is 0 Å². The van der Waals surface area contributed by atoms with Gasteiger partial charge in [0.05, 0.1) is 5.25 Å². The summed E-state index contributed by atoms with van der Waals surface area (Å²) in [6, 6.07) is 9.62. The van der Waals surface area contributed by atoms with Crippen LogP contribution in [-0.2, 0) is 4.79 Å². The van der Waals surface area contributed by atoms with Gasteiger partial charge in [0.2, 0.25) is 11.0 Å². The number of amides is 1. The Morgan fingerprint density at radius 1 is 1.38 bits per heavy atom. The molecule has 1 N–H and O–H groups in total. The number of benzene rings is 1. The second kappa shape index (κ2) is 7.42. The molecule has 0 fully saturated rings. The molecule has 0 aliphatic heterocycles. The lowest BCUT2D eigenvalue weighted by Crippen LogP contribution is -2.33. The van der Waals surface area contributed by atoms with Gasteiger partial charge in [-0.2, -0.15) is 0 Å². The first-order chi connectivity index (χ1) is 10.1. The average Bonchev–Trinajstić information content (AvgIpc) is 2.94. The lowest BCUT2D eigenvalue weighted by Gasteiger charge is -2.20. The van der Waals surface area contributed by atoms with E-state index >= 15 is 0 Å². The van der Waals surface area contributed by atoms with Gasteiger partial charge in [-0.15, -0.1) is 10.2 Å². The summed E-state index contributed by atoms with van der Waals surface area (Å²) in [6.07, 6.45) is 0. The maximum atomic E-state index is 12.4. The predicted octanol–water partition coefficient (Wildman–Crippen LogP) is 3.11. The van der Waals surface area contributed by atoms with Crippen LogP contribution < -0.4 is 10.2 Å². The van der Waals surface area contributed by atoms with Gasteiger partial charge in [-0.1, -0.05) is 41.3 Å². The summed E-state index contributed by atoms with van der Waals surface area (Å²) in [7, 11) is 1.79. The van der Waals surface area contributed by atoms with Gasteiger partial charge in [0, 0.05) is 19.3 Å². The molecule has 1 aromatic carbocycles. The number of nitrogens with zero attached hydrogens (tertiary/aromatic N) is 3. The van der Waals surface area contributed by atoms with Gasteiger partial charge < -0.3 is 10.2 Å². The van der Waals surface area contributed by atoms with E-state index in [0.29, 0.717) is 0 Å². The van der Waals surface area contributed by atoms with Gasteiger partial charge in [0.1, 0.15) is 0 Å². The zero-order valence-electron chi connectivity index (χ0n) is 12.2. The Morgan fingerprint density at radius 3 is 2.76 bits per heavy atom. The van der Waals surface area contributed by atoms with Crippen molar-refractivity contribution in [3.63, 3.8) is 0 Å². The Hall–Kier alpha value is -1.60. The molecule has 0 spiro atoms. The quantitative estimate of drug-likeness (QED) is 0.828. The van der Waals surface area contributed by atoms with Crippen molar-refractivity contribution in [3.8, 4) is 0 Å². The van der Waals surface area contributed by atoms with Gasteiger partial charge >= 0.3 is 0 Å². The van der Waals surface area contributed by atoms with Gasteiger partial charge in [-0.05, 0) is 26.0 Å². The molecule has 1 unspecified atom stereocenters. The molecule has 2 aromatic rings. The molecular formula is C14H18N4OS2. The molecule has 0 bridgehead atoms. The third-order valence-corrected chi connectivity index (χ3v) is 4.89. The second-order valence-electron chi connectivity index (χ2n) is 4.40. The van der Waals surface area contributed by atoms with Crippen molar-refractivity contribution in [2.45, 2.75) is 23.4 Å². The lowest BCUT2D eigenvalue weighted by molar-refractivity contribution is -0.117. The van der Waals surface area contributed by atoms with Crippen LogP contribution in [0.4, 0.5) is 10.8 Å². The minimum Gasteiger partial charge on any atom is -0.360 e. The monoisotopic (exact) mass is 322 g/mol. The van der Waals surface area contributed by atoms with Gasteiger partial charge in [-0.3, -0.25) is 4.79 Å². The third-order valence-electron chi connectivity index (χ3n) is 2.83. The van der Waals surface area contributed by atoms with Crippen LogP contribution in [0.15, 0.2) is 34.7 Å². The Balaban J connectivity index is 1.98. The molecular weight excluding hydrogens is 304 g/mol. The van der Waals surface area contributed by atoms with Crippen LogP contribution in [0.25, 0.3) is 0 Å². The number of para-hydroxylation sites is 1. The first-order valence-corrected chi connectivity index (χ1v) is 8.38. The van der Waals surface area contributed by atoms with E-state index < -0.39 is 0 Å². The highest BCUT2D eigenvalue weighted by atomic mass is 32.2. The number of nitrogens with one attached hydrogen (secondary N) is 1. The minimum atomic E-state index is -0.211. The summed E-state index contributed by atoms with van der Waals surface area (Å²) in [5, 5.41) is 11.8. The number of carbonyl (C=O) groups is 1. The van der Waals surface area contributed by atoms with E-state index in [0.717, 1.165) is 21.7 Å². The average molecular weight is 322 g/mol. The molecule has 0 radical (unpaired) electrons. The summed E-state index contributed by atoms with van der Waals surface area (Å²) in [5.74, 6) is 0.0476. The summed E-state index contributed by atoms with van der Waals surface area (Å²) >= 11 is 2.90. The van der Waals surface area contributed by atoms with Crippen molar-refractivity contribution < 1.29 is 4.79 Å². The molecule has 0 saturated heterocycles. The zero-order chi connectivity index (χ0) is 15.2. The summed E-state index contributed by atoms with van der Waals surface area (Å²) < 4.78 is 0.799. The zero-order valence-corrected chi connectivity index (χ0v) is 13.9. The largest absolute Gasteiger partial charge is 0.360 e. The SMILES string of the molecule is CCNc1nnc(SC(C)C(=O)N(C)c2ccccc2)s1. The fourth-order valence-electron chi connectivity index (χ4n) is 1.73. The molecule has 1 heterocycles. The molecule has 1 atom stereocenters. The van der Waals surface area contributed by atoms with Gasteiger partial charge in [0.25, 0.3) is 0 Å². The Labute approximate surface area is 132 Å². The first-order valence-electron chi connectivity index (χ1n) is 6.68. The molecule has 0 aliphatic carbocycles. The summed E-state index contributed by atoms with van der Waals surface area (Å²) in [4.78, 5) is 14.1. The standard InChI is InChI=1S/C14H18N4OS2/c1-4-15-13-16-17-14(21-13)20-10(2)12(19)18(3)11-8-6-5-7-9-11/h5-10H,4H2,1-3H3,(H,15,16). The summed E-state index contributed by atoms with van der Waals surface area (Å²) in [5.41, 5.74) is 0.889. The van der Waals surface area contributed by atoms with Crippen molar-refractivity contribution in [2.75, 3.05) is 23.8 Å². The van der Waals surface area contributed by atoms with Crippen LogP contribution in [0, 0.1) is 0 Å². The van der Waals surface area contributed by atoms with Crippen molar-refractivity contribution in [1.82, 2.24) is 10.2 Å². The van der Waals surface area contributed by atoms with E-state index in [4.69, 9.17) is 0 Å². The normalized spacial score (nSPS) is 12.0. The second-order valence-corrected chi connectivity index (χ2v) is 6.96.